The number of benzene rings is 3. The lowest BCUT2D eigenvalue weighted by Gasteiger charge is -2.45. The summed E-state index contributed by atoms with van der Waals surface area (Å²) in [7, 11) is 7.37. The number of aromatic nitrogens is 3. The molecule has 2 saturated heterocycles. The number of ether oxygens (including phenoxy) is 2. The van der Waals surface area contributed by atoms with Gasteiger partial charge in [0.1, 0.15) is 29.4 Å². The van der Waals surface area contributed by atoms with E-state index >= 15 is 0 Å². The molecule has 0 unspecified atom stereocenters. The molecule has 2 N–H and O–H groups in total. The standard InChI is InChI=1S/C49H56Cl2N8O6/c1-32-46(61)54-41(30-64-5)47(62)55-49(25-34-12-15-37(50)16-13-34)20-9-21-58(31-49)48(63)36(22-33-10-7-6-8-11-33)23-45(60)59(32)28-35-14-17-38(51)24-43(35)65-39-18-19-40(52-26-39)42-27-53-44(57(42)4)29-56(2)3/h6-8,10-19,24,26-27,32,36,41H,9,20-23,25,28-31H2,1-5H3,(H,54,61)(H,55,62)/t32-,36+,41-,49+/m0/s1. The van der Waals surface area contributed by atoms with Gasteiger partial charge in [-0.05, 0) is 94.2 Å². The van der Waals surface area contributed by atoms with Gasteiger partial charge in [-0.25, -0.2) is 4.98 Å². The number of nitrogens with zero attached hydrogens (tertiary/aromatic N) is 6. The zero-order valence-corrected chi connectivity index (χ0v) is 38.9. The highest BCUT2D eigenvalue weighted by Crippen LogP contribution is 2.33. The summed E-state index contributed by atoms with van der Waals surface area (Å²) in [5, 5.41) is 7.14. The Labute approximate surface area is 390 Å². The molecule has 4 atom stereocenters. The van der Waals surface area contributed by atoms with Gasteiger partial charge in [0.05, 0.1) is 54.9 Å². The minimum absolute atomic E-state index is 0.0869. The minimum atomic E-state index is -1.11. The number of pyridine rings is 1. The summed E-state index contributed by atoms with van der Waals surface area (Å²) in [5.41, 5.74) is 3.03. The van der Waals surface area contributed by atoms with Crippen LogP contribution in [0.4, 0.5) is 0 Å². The van der Waals surface area contributed by atoms with Gasteiger partial charge in [0.2, 0.25) is 23.6 Å². The molecule has 2 aliphatic rings. The van der Waals surface area contributed by atoms with Crippen molar-refractivity contribution in [3.05, 3.63) is 130 Å². The monoisotopic (exact) mass is 922 g/mol. The summed E-state index contributed by atoms with van der Waals surface area (Å²) in [5.74, 6) is -0.780. The molecule has 0 aliphatic carbocycles. The maximum absolute atomic E-state index is 14.9. The number of amides is 4. The van der Waals surface area contributed by atoms with Crippen LogP contribution in [-0.2, 0) is 56.9 Å². The van der Waals surface area contributed by atoms with Gasteiger partial charge in [-0.2, -0.15) is 0 Å². The van der Waals surface area contributed by atoms with Crippen LogP contribution in [0.3, 0.4) is 0 Å². The molecule has 16 heteroatoms. The highest BCUT2D eigenvalue weighted by atomic mass is 35.5. The molecule has 4 heterocycles. The predicted molar refractivity (Wildman–Crippen MR) is 249 cm³/mol. The lowest BCUT2D eigenvalue weighted by molar-refractivity contribution is -0.147. The maximum atomic E-state index is 14.9. The number of piperidine rings is 1. The molecule has 342 valence electrons. The van der Waals surface area contributed by atoms with Crippen molar-refractivity contribution in [3.63, 3.8) is 0 Å². The van der Waals surface area contributed by atoms with E-state index in [9.17, 15) is 19.2 Å². The molecule has 14 nitrogen and oxygen atoms in total. The summed E-state index contributed by atoms with van der Waals surface area (Å²) in [6.45, 7) is 2.72. The smallest absolute Gasteiger partial charge is 0.245 e. The molecule has 2 fully saturated rings. The fourth-order valence-electron chi connectivity index (χ4n) is 8.68. The van der Waals surface area contributed by atoms with E-state index in [1.165, 1.54) is 12.0 Å². The lowest BCUT2D eigenvalue weighted by atomic mass is 9.81. The molecule has 2 bridgehead atoms. The number of fused-ring (bicyclic) bond motifs is 2. The Morgan fingerprint density at radius 2 is 1.65 bits per heavy atom. The van der Waals surface area contributed by atoms with Gasteiger partial charge in [0, 0.05) is 49.3 Å². The molecule has 3 aromatic carbocycles. The molecule has 4 amide bonds. The van der Waals surface area contributed by atoms with Crippen LogP contribution in [0.5, 0.6) is 11.5 Å². The van der Waals surface area contributed by atoms with Gasteiger partial charge in [0.15, 0.2) is 0 Å². The Bertz CT molecular complexity index is 2470. The molecule has 0 spiro atoms. The first kappa shape index (κ1) is 47.2. The first-order chi connectivity index (χ1) is 31.2. The molecular weight excluding hydrogens is 867 g/mol. The largest absolute Gasteiger partial charge is 0.455 e. The third kappa shape index (κ3) is 11.7. The van der Waals surface area contributed by atoms with Crippen LogP contribution in [0.15, 0.2) is 97.3 Å². The lowest BCUT2D eigenvalue weighted by Crippen LogP contribution is -2.65. The van der Waals surface area contributed by atoms with Crippen LogP contribution in [-0.4, -0.2) is 111 Å². The number of hydrogen-bond acceptors (Lipinski definition) is 9. The van der Waals surface area contributed by atoms with Gasteiger partial charge >= 0.3 is 0 Å². The van der Waals surface area contributed by atoms with Crippen LogP contribution in [0.1, 0.15) is 48.7 Å². The first-order valence-corrected chi connectivity index (χ1v) is 22.5. The molecule has 2 aliphatic heterocycles. The Morgan fingerprint density at radius 1 is 0.892 bits per heavy atom. The van der Waals surface area contributed by atoms with E-state index in [1.54, 1.807) is 60.6 Å². The molecule has 7 rings (SSSR count). The van der Waals surface area contributed by atoms with E-state index in [1.807, 2.05) is 79.1 Å². The third-order valence-corrected chi connectivity index (χ3v) is 12.6. The number of hydrogen-bond donors (Lipinski definition) is 2. The van der Waals surface area contributed by atoms with Crippen molar-refractivity contribution >= 4 is 46.8 Å². The summed E-state index contributed by atoms with van der Waals surface area (Å²) < 4.78 is 13.9. The Balaban J connectivity index is 1.21. The molecule has 2 aromatic heterocycles. The van der Waals surface area contributed by atoms with Gasteiger partial charge in [0.25, 0.3) is 0 Å². The van der Waals surface area contributed by atoms with Crippen molar-refractivity contribution in [2.45, 2.75) is 69.7 Å². The number of methoxy groups -OCH3 is 1. The molecule has 0 radical (unpaired) electrons. The summed E-state index contributed by atoms with van der Waals surface area (Å²) in [4.78, 5) is 73.1. The number of carbonyl (C=O) groups is 4. The second-order valence-corrected chi connectivity index (χ2v) is 18.2. The van der Waals surface area contributed by atoms with E-state index < -0.39 is 41.3 Å². The SMILES string of the molecule is COC[C@@H]1NC(=O)[C@H](C)N(Cc2ccc(Cl)cc2Oc2ccc(-c3cnc(CN(C)C)n3C)nc2)C(=O)C[C@@H](Cc2ccccc2)C(=O)N2CCC[C@@](Cc3ccc(Cl)cc3)(C2)NC1=O. The van der Waals surface area contributed by atoms with Crippen LogP contribution in [0.2, 0.25) is 10.0 Å². The van der Waals surface area contributed by atoms with E-state index in [4.69, 9.17) is 32.7 Å². The third-order valence-electron chi connectivity index (χ3n) is 12.1. The van der Waals surface area contributed by atoms with Gasteiger partial charge in [-0.1, -0.05) is 71.7 Å². The number of nitrogens with one attached hydrogen (secondary N) is 2. The van der Waals surface area contributed by atoms with E-state index in [0.29, 0.717) is 65.2 Å². The van der Waals surface area contributed by atoms with Gasteiger partial charge in [-0.15, -0.1) is 0 Å². The highest BCUT2D eigenvalue weighted by molar-refractivity contribution is 6.31. The Morgan fingerprint density at radius 3 is 2.35 bits per heavy atom. The van der Waals surface area contributed by atoms with Crippen molar-refractivity contribution in [1.29, 1.82) is 0 Å². The highest BCUT2D eigenvalue weighted by Gasteiger charge is 2.43. The fraction of sp³-hybridized carbons (Fsp3) is 0.388. The van der Waals surface area contributed by atoms with E-state index in [2.05, 4.69) is 20.6 Å². The normalized spacial score (nSPS) is 21.0. The summed E-state index contributed by atoms with van der Waals surface area (Å²) >= 11 is 12.8. The molecule has 65 heavy (non-hydrogen) atoms. The number of halogens is 2. The van der Waals surface area contributed by atoms with E-state index in [-0.39, 0.29) is 38.4 Å². The zero-order valence-electron chi connectivity index (χ0n) is 37.4. The van der Waals surface area contributed by atoms with Crippen molar-refractivity contribution in [3.8, 4) is 22.9 Å². The average molecular weight is 924 g/mol. The first-order valence-electron chi connectivity index (χ1n) is 21.8. The zero-order chi connectivity index (χ0) is 46.3. The minimum Gasteiger partial charge on any atom is -0.455 e. The van der Waals surface area contributed by atoms with Crippen LogP contribution in [0.25, 0.3) is 11.4 Å². The van der Waals surface area contributed by atoms with Crippen LogP contribution >= 0.6 is 23.2 Å². The van der Waals surface area contributed by atoms with Gasteiger partial charge < -0.3 is 39.4 Å². The second-order valence-electron chi connectivity index (χ2n) is 17.3. The summed E-state index contributed by atoms with van der Waals surface area (Å²) in [6.07, 6.45) is 5.10. The van der Waals surface area contributed by atoms with Crippen molar-refractivity contribution in [1.82, 2.24) is 39.9 Å². The molecular formula is C49H56Cl2N8O6. The number of imidazole rings is 1. The fourth-order valence-corrected chi connectivity index (χ4v) is 8.97. The van der Waals surface area contributed by atoms with Gasteiger partial charge in [-0.3, -0.25) is 24.2 Å². The van der Waals surface area contributed by atoms with Crippen LogP contribution in [0, 0.1) is 5.92 Å². The molecule has 0 saturated carbocycles. The second kappa shape index (κ2) is 21.0. The number of rotatable bonds is 13. The Kier molecular flexibility index (Phi) is 15.2. The Hall–Kier alpha value is -5.80. The average Bonchev–Trinajstić information content (AvgIpc) is 3.64. The quantitative estimate of drug-likeness (QED) is 0.135. The van der Waals surface area contributed by atoms with E-state index in [0.717, 1.165) is 22.6 Å². The maximum Gasteiger partial charge on any atom is 0.245 e. The molecule has 5 aromatic rings. The predicted octanol–water partition coefficient (Wildman–Crippen LogP) is 6.47. The summed E-state index contributed by atoms with van der Waals surface area (Å²) in [6, 6.07) is 23.5. The van der Waals surface area contributed by atoms with Crippen molar-refractivity contribution in [2.75, 3.05) is 40.9 Å². The van der Waals surface area contributed by atoms with Crippen molar-refractivity contribution < 1.29 is 28.7 Å². The van der Waals surface area contributed by atoms with Crippen molar-refractivity contribution in [2.24, 2.45) is 13.0 Å². The topological polar surface area (TPSA) is 151 Å². The van der Waals surface area contributed by atoms with Crippen LogP contribution < -0.4 is 15.4 Å². The number of carbonyl (C=O) groups excluding carboxylic acids is 4.